The first-order chi connectivity index (χ1) is 13.1. The third-order valence-corrected chi connectivity index (χ3v) is 6.49. The van der Waals surface area contributed by atoms with Crippen LogP contribution in [-0.2, 0) is 14.8 Å². The van der Waals surface area contributed by atoms with Crippen molar-refractivity contribution < 1.29 is 22.7 Å². The zero-order valence-corrected chi connectivity index (χ0v) is 15.3. The molecule has 1 saturated heterocycles. The number of nitrogens with zero attached hydrogens (tertiary/aromatic N) is 3. The van der Waals surface area contributed by atoms with Gasteiger partial charge in [-0.25, -0.2) is 8.42 Å². The molecule has 4 rings (SSSR count). The van der Waals surface area contributed by atoms with E-state index >= 15 is 0 Å². The van der Waals surface area contributed by atoms with E-state index in [4.69, 9.17) is 9.47 Å². The maximum absolute atomic E-state index is 12.7. The van der Waals surface area contributed by atoms with E-state index in [1.54, 1.807) is 23.1 Å². The summed E-state index contributed by atoms with van der Waals surface area (Å²) in [5, 5.41) is 0. The van der Waals surface area contributed by atoms with Gasteiger partial charge in [0, 0.05) is 38.6 Å². The largest absolute Gasteiger partial charge is 0.485 e. The van der Waals surface area contributed by atoms with Gasteiger partial charge in [0.25, 0.3) is 5.91 Å². The number of hydrogen-bond donors (Lipinski definition) is 0. The Morgan fingerprint density at radius 2 is 1.78 bits per heavy atom. The highest BCUT2D eigenvalue weighted by molar-refractivity contribution is 7.89. The van der Waals surface area contributed by atoms with Crippen molar-refractivity contribution in [2.75, 3.05) is 32.8 Å². The molecule has 1 unspecified atom stereocenters. The van der Waals surface area contributed by atoms with E-state index < -0.39 is 16.1 Å². The second-order valence-electron chi connectivity index (χ2n) is 6.28. The zero-order valence-electron chi connectivity index (χ0n) is 14.5. The van der Waals surface area contributed by atoms with Gasteiger partial charge in [0.1, 0.15) is 11.5 Å². The number of rotatable bonds is 3. The highest BCUT2D eigenvalue weighted by Gasteiger charge is 2.35. The lowest BCUT2D eigenvalue weighted by atomic mass is 10.2. The monoisotopic (exact) mass is 389 g/mol. The Balaban J connectivity index is 1.39. The highest BCUT2D eigenvalue weighted by Crippen LogP contribution is 2.31. The molecule has 1 aromatic heterocycles. The van der Waals surface area contributed by atoms with E-state index in [2.05, 4.69) is 4.98 Å². The zero-order chi connectivity index (χ0) is 18.9. The van der Waals surface area contributed by atoms with Crippen molar-refractivity contribution in [3.8, 4) is 11.5 Å². The predicted molar refractivity (Wildman–Crippen MR) is 95.9 cm³/mol. The van der Waals surface area contributed by atoms with E-state index in [0.29, 0.717) is 24.6 Å². The number of benzene rings is 1. The van der Waals surface area contributed by atoms with Crippen LogP contribution in [0, 0.1) is 0 Å². The van der Waals surface area contributed by atoms with Gasteiger partial charge < -0.3 is 14.4 Å². The minimum Gasteiger partial charge on any atom is -0.485 e. The van der Waals surface area contributed by atoms with Crippen molar-refractivity contribution in [2.24, 2.45) is 0 Å². The predicted octanol–water partition coefficient (Wildman–Crippen LogP) is 0.754. The molecule has 1 atom stereocenters. The molecule has 8 nitrogen and oxygen atoms in total. The van der Waals surface area contributed by atoms with E-state index in [9.17, 15) is 13.2 Å². The summed E-state index contributed by atoms with van der Waals surface area (Å²) < 4.78 is 38.0. The molecule has 0 saturated carbocycles. The summed E-state index contributed by atoms with van der Waals surface area (Å²) in [4.78, 5) is 18.4. The van der Waals surface area contributed by atoms with Gasteiger partial charge in [0.05, 0.1) is 0 Å². The standard InChI is InChI=1S/C18H19N3O5S/c22-18(17-13-25-15-5-1-2-6-16(15)26-17)20-8-10-21(11-9-20)27(23,24)14-4-3-7-19-12-14/h1-7,12,17H,8-11,13H2. The fraction of sp³-hybridized carbons (Fsp3) is 0.333. The number of ether oxygens (including phenoxy) is 2. The first-order valence-electron chi connectivity index (χ1n) is 8.63. The van der Waals surface area contributed by atoms with Crippen LogP contribution >= 0.6 is 0 Å². The maximum Gasteiger partial charge on any atom is 0.267 e. The topological polar surface area (TPSA) is 89.0 Å². The van der Waals surface area contributed by atoms with Gasteiger partial charge in [-0.2, -0.15) is 4.31 Å². The van der Waals surface area contributed by atoms with Crippen LogP contribution in [0.4, 0.5) is 0 Å². The van der Waals surface area contributed by atoms with E-state index in [1.165, 1.54) is 22.8 Å². The van der Waals surface area contributed by atoms with Crippen LogP contribution in [0.5, 0.6) is 11.5 Å². The Bertz CT molecular complexity index is 927. The van der Waals surface area contributed by atoms with Crippen molar-refractivity contribution in [2.45, 2.75) is 11.0 Å². The summed E-state index contributed by atoms with van der Waals surface area (Å²) >= 11 is 0. The van der Waals surface area contributed by atoms with Crippen LogP contribution in [0.25, 0.3) is 0 Å². The van der Waals surface area contributed by atoms with Crippen LogP contribution in [0.3, 0.4) is 0 Å². The van der Waals surface area contributed by atoms with Gasteiger partial charge in [0.2, 0.25) is 16.1 Å². The lowest BCUT2D eigenvalue weighted by molar-refractivity contribution is -0.142. The van der Waals surface area contributed by atoms with E-state index in [0.717, 1.165) is 0 Å². The van der Waals surface area contributed by atoms with Crippen LogP contribution in [0.2, 0.25) is 0 Å². The number of carbonyl (C=O) groups is 1. The molecule has 0 spiro atoms. The van der Waals surface area contributed by atoms with Crippen molar-refractivity contribution in [3.05, 3.63) is 48.8 Å². The Hall–Kier alpha value is -2.65. The second-order valence-corrected chi connectivity index (χ2v) is 8.22. The number of hydrogen-bond acceptors (Lipinski definition) is 6. The number of piperazine rings is 1. The molecule has 0 radical (unpaired) electrons. The van der Waals surface area contributed by atoms with Crippen molar-refractivity contribution in [1.82, 2.24) is 14.2 Å². The summed E-state index contributed by atoms with van der Waals surface area (Å²) in [6.07, 6.45) is 2.14. The average Bonchev–Trinajstić information content (AvgIpc) is 2.73. The molecule has 27 heavy (non-hydrogen) atoms. The second kappa shape index (κ2) is 7.16. The summed E-state index contributed by atoms with van der Waals surface area (Å²) in [6, 6.07) is 10.3. The quantitative estimate of drug-likeness (QED) is 0.770. The van der Waals surface area contributed by atoms with Gasteiger partial charge >= 0.3 is 0 Å². The molecule has 9 heteroatoms. The fourth-order valence-corrected chi connectivity index (χ4v) is 4.53. The summed E-state index contributed by atoms with van der Waals surface area (Å²) in [6.45, 7) is 1.21. The lowest BCUT2D eigenvalue weighted by Crippen LogP contribution is -2.55. The van der Waals surface area contributed by atoms with Crippen molar-refractivity contribution in [3.63, 3.8) is 0 Å². The Morgan fingerprint density at radius 3 is 2.48 bits per heavy atom. The number of carbonyl (C=O) groups excluding carboxylic acids is 1. The molecule has 1 aromatic carbocycles. The van der Waals surface area contributed by atoms with Gasteiger partial charge in [-0.1, -0.05) is 12.1 Å². The van der Waals surface area contributed by atoms with E-state index in [-0.39, 0.29) is 30.5 Å². The maximum atomic E-state index is 12.7. The summed E-state index contributed by atoms with van der Waals surface area (Å²) in [5.74, 6) is 0.969. The lowest BCUT2D eigenvalue weighted by Gasteiger charge is -2.36. The molecule has 0 aliphatic carbocycles. The van der Waals surface area contributed by atoms with Gasteiger partial charge in [-0.3, -0.25) is 9.78 Å². The SMILES string of the molecule is O=C(C1COc2ccccc2O1)N1CCN(S(=O)(=O)c2cccnc2)CC1. The summed E-state index contributed by atoms with van der Waals surface area (Å²) in [5.41, 5.74) is 0. The summed E-state index contributed by atoms with van der Waals surface area (Å²) in [7, 11) is -3.60. The molecule has 3 heterocycles. The molecule has 2 aromatic rings. The third kappa shape index (κ3) is 3.47. The first kappa shape index (κ1) is 17.7. The van der Waals surface area contributed by atoms with Crippen LogP contribution in [-0.4, -0.2) is 67.4 Å². The van der Waals surface area contributed by atoms with Gasteiger partial charge in [0.15, 0.2) is 11.5 Å². The molecular formula is C18H19N3O5S. The normalized spacial score (nSPS) is 20.3. The number of aromatic nitrogens is 1. The average molecular weight is 389 g/mol. The smallest absolute Gasteiger partial charge is 0.267 e. The number of para-hydroxylation sites is 2. The molecule has 142 valence electrons. The van der Waals surface area contributed by atoms with Crippen LogP contribution in [0.15, 0.2) is 53.7 Å². The number of sulfonamides is 1. The van der Waals surface area contributed by atoms with E-state index in [1.807, 2.05) is 12.1 Å². The number of amides is 1. The van der Waals surface area contributed by atoms with Crippen molar-refractivity contribution in [1.29, 1.82) is 0 Å². The van der Waals surface area contributed by atoms with Crippen molar-refractivity contribution >= 4 is 15.9 Å². The third-order valence-electron chi connectivity index (χ3n) is 4.61. The number of pyridine rings is 1. The first-order valence-corrected chi connectivity index (χ1v) is 10.1. The minimum atomic E-state index is -3.60. The molecule has 1 amide bonds. The molecule has 1 fully saturated rings. The minimum absolute atomic E-state index is 0.143. The Labute approximate surface area is 157 Å². The Morgan fingerprint density at radius 1 is 1.04 bits per heavy atom. The Kier molecular flexibility index (Phi) is 4.71. The fourth-order valence-electron chi connectivity index (χ4n) is 3.14. The molecule has 2 aliphatic rings. The van der Waals surface area contributed by atoms with Gasteiger partial charge in [-0.15, -0.1) is 0 Å². The molecule has 0 bridgehead atoms. The highest BCUT2D eigenvalue weighted by atomic mass is 32.2. The molecule has 0 N–H and O–H groups in total. The van der Waals surface area contributed by atoms with Crippen LogP contribution < -0.4 is 9.47 Å². The van der Waals surface area contributed by atoms with Crippen LogP contribution in [0.1, 0.15) is 0 Å². The number of fused-ring (bicyclic) bond motifs is 1. The molecular weight excluding hydrogens is 370 g/mol. The molecule has 2 aliphatic heterocycles. The van der Waals surface area contributed by atoms with Gasteiger partial charge in [-0.05, 0) is 24.3 Å².